The zero-order valence-corrected chi connectivity index (χ0v) is 21.0. The number of guanidine groups is 1. The lowest BCUT2D eigenvalue weighted by atomic mass is 10.1. The Morgan fingerprint density at radius 3 is 2.58 bits per heavy atom. The Bertz CT molecular complexity index is 841. The predicted molar refractivity (Wildman–Crippen MR) is 136 cm³/mol. The van der Waals surface area contributed by atoms with Gasteiger partial charge >= 0.3 is 0 Å². The number of ether oxygens (including phenoxy) is 3. The Morgan fingerprint density at radius 2 is 1.84 bits per heavy atom. The Labute approximate surface area is 202 Å². The van der Waals surface area contributed by atoms with Crippen molar-refractivity contribution in [1.29, 1.82) is 0 Å². The van der Waals surface area contributed by atoms with Crippen molar-refractivity contribution < 1.29 is 14.2 Å². The SMILES string of the molecule is CN=C(NCc1cccc(OCCOC)c1)NCc1ccc(C)cc1OCC1CC1.I. The quantitative estimate of drug-likeness (QED) is 0.193. The van der Waals surface area contributed by atoms with Crippen molar-refractivity contribution >= 4 is 29.9 Å². The molecule has 7 heteroatoms. The van der Waals surface area contributed by atoms with Crippen LogP contribution in [0.15, 0.2) is 47.5 Å². The van der Waals surface area contributed by atoms with Crippen LogP contribution in [-0.2, 0) is 17.8 Å². The normalized spacial score (nSPS) is 13.3. The molecule has 0 aliphatic heterocycles. The van der Waals surface area contributed by atoms with E-state index in [0.717, 1.165) is 41.1 Å². The molecule has 1 aliphatic carbocycles. The molecule has 0 atom stereocenters. The van der Waals surface area contributed by atoms with Crippen molar-refractivity contribution in [3.8, 4) is 11.5 Å². The molecule has 0 radical (unpaired) electrons. The van der Waals surface area contributed by atoms with Crippen LogP contribution in [0.5, 0.6) is 11.5 Å². The number of hydrogen-bond donors (Lipinski definition) is 2. The fraction of sp³-hybridized carbons (Fsp3) is 0.458. The first-order valence-electron chi connectivity index (χ1n) is 10.6. The number of methoxy groups -OCH3 is 1. The smallest absolute Gasteiger partial charge is 0.191 e. The Morgan fingerprint density at radius 1 is 1.03 bits per heavy atom. The molecule has 1 saturated carbocycles. The van der Waals surface area contributed by atoms with E-state index in [4.69, 9.17) is 14.2 Å². The number of aryl methyl sites for hydroxylation is 1. The number of halogens is 1. The average molecular weight is 539 g/mol. The zero-order chi connectivity index (χ0) is 21.2. The summed E-state index contributed by atoms with van der Waals surface area (Å²) in [5.74, 6) is 3.28. The highest BCUT2D eigenvalue weighted by molar-refractivity contribution is 14.0. The molecular formula is C24H34IN3O3. The van der Waals surface area contributed by atoms with Gasteiger partial charge in [-0.05, 0) is 55.0 Å². The summed E-state index contributed by atoms with van der Waals surface area (Å²) in [7, 11) is 3.44. The number of rotatable bonds is 11. The van der Waals surface area contributed by atoms with Gasteiger partial charge in [0.15, 0.2) is 5.96 Å². The second-order valence-electron chi connectivity index (χ2n) is 7.63. The first-order valence-corrected chi connectivity index (χ1v) is 10.6. The second kappa shape index (κ2) is 13.4. The number of benzene rings is 2. The van der Waals surface area contributed by atoms with Crippen LogP contribution in [-0.4, -0.2) is 39.9 Å². The van der Waals surface area contributed by atoms with Gasteiger partial charge in [0.05, 0.1) is 13.2 Å². The Balaban J connectivity index is 0.00000341. The lowest BCUT2D eigenvalue weighted by Gasteiger charge is -2.16. The summed E-state index contributed by atoms with van der Waals surface area (Å²) in [6.45, 7) is 5.32. The highest BCUT2D eigenvalue weighted by Gasteiger charge is 2.22. The molecule has 0 heterocycles. The third-order valence-electron chi connectivity index (χ3n) is 4.98. The molecule has 31 heavy (non-hydrogen) atoms. The lowest BCUT2D eigenvalue weighted by Crippen LogP contribution is -2.36. The van der Waals surface area contributed by atoms with Gasteiger partial charge in [0.2, 0.25) is 0 Å². The highest BCUT2D eigenvalue weighted by atomic mass is 127. The van der Waals surface area contributed by atoms with Gasteiger partial charge in [0.25, 0.3) is 0 Å². The van der Waals surface area contributed by atoms with Crippen molar-refractivity contribution in [2.24, 2.45) is 10.9 Å². The van der Waals surface area contributed by atoms with E-state index in [1.54, 1.807) is 14.2 Å². The molecule has 0 amide bonds. The molecule has 6 nitrogen and oxygen atoms in total. The number of nitrogens with one attached hydrogen (secondary N) is 2. The van der Waals surface area contributed by atoms with Crippen molar-refractivity contribution in [2.75, 3.05) is 34.0 Å². The Kier molecular flexibility index (Phi) is 10.9. The van der Waals surface area contributed by atoms with Crippen LogP contribution in [0.4, 0.5) is 0 Å². The maximum absolute atomic E-state index is 6.07. The number of aliphatic imine (C=N–C) groups is 1. The molecule has 1 fully saturated rings. The van der Waals surface area contributed by atoms with Crippen LogP contribution in [0.1, 0.15) is 29.5 Å². The Hall–Kier alpha value is -2.00. The lowest BCUT2D eigenvalue weighted by molar-refractivity contribution is 0.146. The molecule has 170 valence electrons. The van der Waals surface area contributed by atoms with Gasteiger partial charge in [-0.2, -0.15) is 0 Å². The monoisotopic (exact) mass is 539 g/mol. The van der Waals surface area contributed by atoms with E-state index >= 15 is 0 Å². The van der Waals surface area contributed by atoms with Gasteiger partial charge in [-0.1, -0.05) is 24.3 Å². The van der Waals surface area contributed by atoms with Gasteiger partial charge in [-0.25, -0.2) is 0 Å². The van der Waals surface area contributed by atoms with Gasteiger partial charge in [0, 0.05) is 32.8 Å². The third kappa shape index (κ3) is 8.95. The maximum Gasteiger partial charge on any atom is 0.191 e. The summed E-state index contributed by atoms with van der Waals surface area (Å²) in [4.78, 5) is 4.34. The third-order valence-corrected chi connectivity index (χ3v) is 4.98. The molecule has 2 N–H and O–H groups in total. The standard InChI is InChI=1S/C24H33N3O3.HI/c1-18-7-10-21(23(13-18)30-17-19-8-9-19)16-27-24(25-2)26-15-20-5-4-6-22(14-20)29-12-11-28-3;/h4-7,10,13-14,19H,8-9,11-12,15-17H2,1-3H3,(H2,25,26,27);1H. The van der Waals surface area contributed by atoms with Crippen LogP contribution in [0.25, 0.3) is 0 Å². The molecule has 0 unspecified atom stereocenters. The number of nitrogens with zero attached hydrogens (tertiary/aromatic N) is 1. The molecule has 3 rings (SSSR count). The topological polar surface area (TPSA) is 64.1 Å². The van der Waals surface area contributed by atoms with E-state index in [2.05, 4.69) is 46.8 Å². The minimum absolute atomic E-state index is 0. The van der Waals surface area contributed by atoms with Crippen LogP contribution in [0.3, 0.4) is 0 Å². The molecule has 0 spiro atoms. The molecule has 0 aromatic heterocycles. The number of hydrogen-bond acceptors (Lipinski definition) is 4. The fourth-order valence-corrected chi connectivity index (χ4v) is 3.01. The van der Waals surface area contributed by atoms with Crippen LogP contribution >= 0.6 is 24.0 Å². The average Bonchev–Trinajstić information content (AvgIpc) is 3.58. The van der Waals surface area contributed by atoms with Crippen LogP contribution in [0, 0.1) is 12.8 Å². The van der Waals surface area contributed by atoms with Gasteiger partial charge in [0.1, 0.15) is 18.1 Å². The van der Waals surface area contributed by atoms with E-state index in [-0.39, 0.29) is 24.0 Å². The summed E-state index contributed by atoms with van der Waals surface area (Å²) in [6.07, 6.45) is 2.57. The minimum atomic E-state index is 0. The molecule has 2 aromatic rings. The van der Waals surface area contributed by atoms with E-state index < -0.39 is 0 Å². The van der Waals surface area contributed by atoms with E-state index in [1.807, 2.05) is 18.2 Å². The second-order valence-corrected chi connectivity index (χ2v) is 7.63. The molecule has 2 aromatic carbocycles. The van der Waals surface area contributed by atoms with Gasteiger partial charge in [-0.15, -0.1) is 24.0 Å². The first kappa shape index (κ1) is 25.3. The zero-order valence-electron chi connectivity index (χ0n) is 18.6. The van der Waals surface area contributed by atoms with Gasteiger partial charge < -0.3 is 24.8 Å². The maximum atomic E-state index is 6.07. The molecule has 0 bridgehead atoms. The van der Waals surface area contributed by atoms with E-state index in [0.29, 0.717) is 26.3 Å². The fourth-order valence-electron chi connectivity index (χ4n) is 3.01. The van der Waals surface area contributed by atoms with Crippen LogP contribution in [0.2, 0.25) is 0 Å². The van der Waals surface area contributed by atoms with Crippen molar-refractivity contribution in [3.05, 3.63) is 59.2 Å². The summed E-state index contributed by atoms with van der Waals surface area (Å²) >= 11 is 0. The highest BCUT2D eigenvalue weighted by Crippen LogP contribution is 2.30. The van der Waals surface area contributed by atoms with Crippen LogP contribution < -0.4 is 20.1 Å². The molecule has 1 aliphatic rings. The van der Waals surface area contributed by atoms with Crippen molar-refractivity contribution in [3.63, 3.8) is 0 Å². The predicted octanol–water partition coefficient (Wildman–Crippen LogP) is 4.29. The summed E-state index contributed by atoms with van der Waals surface area (Å²) in [6, 6.07) is 14.4. The summed E-state index contributed by atoms with van der Waals surface area (Å²) in [5.41, 5.74) is 3.47. The summed E-state index contributed by atoms with van der Waals surface area (Å²) < 4.78 is 16.8. The summed E-state index contributed by atoms with van der Waals surface area (Å²) in [5, 5.41) is 6.75. The molecular weight excluding hydrogens is 505 g/mol. The van der Waals surface area contributed by atoms with Gasteiger partial charge in [-0.3, -0.25) is 4.99 Å². The first-order chi connectivity index (χ1) is 14.7. The largest absolute Gasteiger partial charge is 0.493 e. The van der Waals surface area contributed by atoms with E-state index in [9.17, 15) is 0 Å². The van der Waals surface area contributed by atoms with Crippen molar-refractivity contribution in [1.82, 2.24) is 10.6 Å². The van der Waals surface area contributed by atoms with E-state index in [1.165, 1.54) is 18.4 Å². The van der Waals surface area contributed by atoms with Crippen molar-refractivity contribution in [2.45, 2.75) is 32.9 Å². The minimum Gasteiger partial charge on any atom is -0.493 e. The molecule has 0 saturated heterocycles.